The number of hydrogen-bond donors (Lipinski definition) is 2. The van der Waals surface area contributed by atoms with Crippen LogP contribution in [0.25, 0.3) is 0 Å². The van der Waals surface area contributed by atoms with Crippen LogP contribution in [0.4, 0.5) is 0 Å². The van der Waals surface area contributed by atoms with Crippen molar-refractivity contribution in [2.24, 2.45) is 17.9 Å². The first-order valence-corrected chi connectivity index (χ1v) is 6.82. The molecule has 1 heterocycles. The Morgan fingerprint density at radius 3 is 2.78 bits per heavy atom. The second-order valence-corrected chi connectivity index (χ2v) is 4.91. The summed E-state index contributed by atoms with van der Waals surface area (Å²) in [5.41, 5.74) is 4.77. The van der Waals surface area contributed by atoms with Gasteiger partial charge >= 0.3 is 0 Å². The number of nitrogens with zero attached hydrogens (tertiary/aromatic N) is 3. The molecule has 0 aromatic carbocycles. The molecule has 1 aromatic rings. The number of rotatable bonds is 3. The van der Waals surface area contributed by atoms with E-state index in [1.165, 1.54) is 32.1 Å². The minimum Gasteiger partial charge on any atom is -0.307 e. The molecule has 5 heteroatoms. The van der Waals surface area contributed by atoms with E-state index in [2.05, 4.69) is 23.5 Å². The van der Waals surface area contributed by atoms with Crippen LogP contribution in [0, 0.1) is 0 Å². The predicted molar refractivity (Wildman–Crippen MR) is 73.3 cm³/mol. The maximum absolute atomic E-state index is 5.62. The molecule has 0 aliphatic heterocycles. The lowest BCUT2D eigenvalue weighted by molar-refractivity contribution is 0.442. The molecule has 0 spiro atoms. The zero-order valence-electron chi connectivity index (χ0n) is 11.3. The smallest absolute Gasteiger partial charge is 0.161 e. The molecule has 5 nitrogen and oxygen atoms in total. The highest BCUT2D eigenvalue weighted by atomic mass is 15.3. The number of hydrazine groups is 1. The number of aliphatic imine (C=N–C) groups is 1. The second kappa shape index (κ2) is 6.00. The molecular weight excluding hydrogens is 226 g/mol. The van der Waals surface area contributed by atoms with Gasteiger partial charge in [0.1, 0.15) is 5.69 Å². The first kappa shape index (κ1) is 13.1. The van der Waals surface area contributed by atoms with E-state index in [4.69, 9.17) is 10.8 Å². The lowest BCUT2D eigenvalue weighted by atomic mass is 9.96. The molecule has 0 bridgehead atoms. The van der Waals surface area contributed by atoms with Gasteiger partial charge in [-0.15, -0.1) is 0 Å². The van der Waals surface area contributed by atoms with Crippen molar-refractivity contribution in [3.8, 4) is 0 Å². The largest absolute Gasteiger partial charge is 0.307 e. The van der Waals surface area contributed by atoms with Gasteiger partial charge in [0.15, 0.2) is 5.84 Å². The fourth-order valence-electron chi connectivity index (χ4n) is 2.49. The summed E-state index contributed by atoms with van der Waals surface area (Å²) in [5, 5.41) is 4.43. The summed E-state index contributed by atoms with van der Waals surface area (Å²) >= 11 is 0. The third-order valence-corrected chi connectivity index (χ3v) is 3.56. The summed E-state index contributed by atoms with van der Waals surface area (Å²) in [6.45, 7) is 2.10. The van der Waals surface area contributed by atoms with Crippen molar-refractivity contribution in [1.82, 2.24) is 15.2 Å². The molecule has 0 atom stereocenters. The van der Waals surface area contributed by atoms with Gasteiger partial charge in [-0.3, -0.25) is 9.67 Å². The monoisotopic (exact) mass is 249 g/mol. The number of nitrogens with one attached hydrogen (secondary N) is 1. The SMILES string of the molecule is CCc1cc(C(=NC2CCCCC2)NN)n(C)n1. The highest BCUT2D eigenvalue weighted by molar-refractivity contribution is 5.97. The lowest BCUT2D eigenvalue weighted by Crippen LogP contribution is -2.34. The van der Waals surface area contributed by atoms with E-state index in [9.17, 15) is 0 Å². The number of hydrogen-bond acceptors (Lipinski definition) is 3. The van der Waals surface area contributed by atoms with Gasteiger partial charge < -0.3 is 5.43 Å². The molecule has 0 radical (unpaired) electrons. The van der Waals surface area contributed by atoms with E-state index >= 15 is 0 Å². The van der Waals surface area contributed by atoms with E-state index in [1.807, 2.05) is 11.7 Å². The van der Waals surface area contributed by atoms with E-state index in [0.29, 0.717) is 6.04 Å². The van der Waals surface area contributed by atoms with Gasteiger partial charge in [-0.25, -0.2) is 5.84 Å². The topological polar surface area (TPSA) is 68.2 Å². The third kappa shape index (κ3) is 2.90. The van der Waals surface area contributed by atoms with Crippen LogP contribution >= 0.6 is 0 Å². The number of aromatic nitrogens is 2. The van der Waals surface area contributed by atoms with Gasteiger partial charge in [0.2, 0.25) is 0 Å². The lowest BCUT2D eigenvalue weighted by Gasteiger charge is -2.19. The minimum absolute atomic E-state index is 0.407. The fourth-order valence-corrected chi connectivity index (χ4v) is 2.49. The van der Waals surface area contributed by atoms with Crippen molar-refractivity contribution in [2.75, 3.05) is 0 Å². The molecule has 0 unspecified atom stereocenters. The number of amidine groups is 1. The van der Waals surface area contributed by atoms with E-state index in [-0.39, 0.29) is 0 Å². The van der Waals surface area contributed by atoms with Crippen molar-refractivity contribution in [3.63, 3.8) is 0 Å². The molecule has 1 fully saturated rings. The Morgan fingerprint density at radius 1 is 1.50 bits per heavy atom. The molecule has 1 saturated carbocycles. The zero-order chi connectivity index (χ0) is 13.0. The maximum Gasteiger partial charge on any atom is 0.161 e. The Kier molecular flexibility index (Phi) is 4.36. The van der Waals surface area contributed by atoms with E-state index < -0.39 is 0 Å². The van der Waals surface area contributed by atoms with Crippen molar-refractivity contribution >= 4 is 5.84 Å². The minimum atomic E-state index is 0.407. The molecule has 0 saturated heterocycles. The molecule has 1 aromatic heterocycles. The number of aryl methyl sites for hydroxylation is 2. The summed E-state index contributed by atoms with van der Waals surface area (Å²) in [7, 11) is 1.93. The van der Waals surface area contributed by atoms with Gasteiger partial charge in [-0.05, 0) is 25.3 Å². The average molecular weight is 249 g/mol. The van der Waals surface area contributed by atoms with Gasteiger partial charge in [0, 0.05) is 7.05 Å². The summed E-state index contributed by atoms with van der Waals surface area (Å²) in [6, 6.07) is 2.46. The number of nitrogens with two attached hydrogens (primary N) is 1. The molecule has 0 amide bonds. The summed E-state index contributed by atoms with van der Waals surface area (Å²) < 4.78 is 1.85. The standard InChI is InChI=1S/C13H23N5/c1-3-10-9-12(18(2)17-10)13(16-14)15-11-7-5-4-6-8-11/h9,11H,3-8,14H2,1-2H3,(H,15,16). The Hall–Kier alpha value is -1.36. The molecule has 1 aliphatic carbocycles. The molecule has 100 valence electrons. The van der Waals surface area contributed by atoms with Gasteiger partial charge in [0.05, 0.1) is 11.7 Å². The van der Waals surface area contributed by atoms with Crippen molar-refractivity contribution < 1.29 is 0 Å². The van der Waals surface area contributed by atoms with Gasteiger partial charge in [-0.1, -0.05) is 26.2 Å². The van der Waals surface area contributed by atoms with Crippen LogP contribution < -0.4 is 11.3 Å². The second-order valence-electron chi connectivity index (χ2n) is 4.91. The van der Waals surface area contributed by atoms with Crippen LogP contribution in [-0.4, -0.2) is 21.7 Å². The van der Waals surface area contributed by atoms with Crippen LogP contribution in [0.5, 0.6) is 0 Å². The average Bonchev–Trinajstić information content (AvgIpc) is 2.78. The highest BCUT2D eigenvalue weighted by Gasteiger charge is 2.15. The van der Waals surface area contributed by atoms with Crippen molar-refractivity contribution in [2.45, 2.75) is 51.5 Å². The van der Waals surface area contributed by atoms with Gasteiger partial charge in [-0.2, -0.15) is 5.10 Å². The van der Waals surface area contributed by atoms with E-state index in [1.54, 1.807) is 0 Å². The molecule has 2 rings (SSSR count). The third-order valence-electron chi connectivity index (χ3n) is 3.56. The van der Waals surface area contributed by atoms with Crippen molar-refractivity contribution in [1.29, 1.82) is 0 Å². The first-order chi connectivity index (χ1) is 8.74. The van der Waals surface area contributed by atoms with Crippen LogP contribution in [0.1, 0.15) is 50.4 Å². The maximum atomic E-state index is 5.62. The Labute approximate surface area is 108 Å². The molecular formula is C13H23N5. The van der Waals surface area contributed by atoms with E-state index in [0.717, 1.165) is 23.6 Å². The van der Waals surface area contributed by atoms with Gasteiger partial charge in [0.25, 0.3) is 0 Å². The molecule has 18 heavy (non-hydrogen) atoms. The predicted octanol–water partition coefficient (Wildman–Crippen LogP) is 1.53. The highest BCUT2D eigenvalue weighted by Crippen LogP contribution is 2.20. The zero-order valence-corrected chi connectivity index (χ0v) is 11.3. The Bertz CT molecular complexity index is 415. The summed E-state index contributed by atoms with van der Waals surface area (Å²) in [4.78, 5) is 4.75. The fraction of sp³-hybridized carbons (Fsp3) is 0.692. The Balaban J connectivity index is 2.20. The normalized spacial score (nSPS) is 18.1. The van der Waals surface area contributed by atoms with Crippen molar-refractivity contribution in [3.05, 3.63) is 17.5 Å². The Morgan fingerprint density at radius 2 is 2.22 bits per heavy atom. The van der Waals surface area contributed by atoms with Crippen LogP contribution in [0.3, 0.4) is 0 Å². The van der Waals surface area contributed by atoms with Crippen LogP contribution in [0.15, 0.2) is 11.1 Å². The quantitative estimate of drug-likeness (QED) is 0.369. The first-order valence-electron chi connectivity index (χ1n) is 6.82. The van der Waals surface area contributed by atoms with Crippen LogP contribution in [-0.2, 0) is 13.5 Å². The molecule has 1 aliphatic rings. The summed E-state index contributed by atoms with van der Waals surface area (Å²) in [5.74, 6) is 6.38. The molecule has 3 N–H and O–H groups in total. The summed E-state index contributed by atoms with van der Waals surface area (Å²) in [6.07, 6.45) is 7.15. The van der Waals surface area contributed by atoms with Crippen LogP contribution in [0.2, 0.25) is 0 Å².